The van der Waals surface area contributed by atoms with Gasteiger partial charge in [0.2, 0.25) is 23.8 Å². The van der Waals surface area contributed by atoms with Crippen LogP contribution in [0.2, 0.25) is 0 Å². The first-order valence-corrected chi connectivity index (χ1v) is 23.1. The van der Waals surface area contributed by atoms with Crippen LogP contribution in [0.3, 0.4) is 0 Å². The van der Waals surface area contributed by atoms with Crippen LogP contribution in [-0.4, -0.2) is 90.0 Å². The van der Waals surface area contributed by atoms with E-state index in [-0.39, 0.29) is 101 Å². The lowest BCUT2D eigenvalue weighted by atomic mass is 9.75. The number of alkyl halides is 6. The highest BCUT2D eigenvalue weighted by Crippen LogP contribution is 2.44. The van der Waals surface area contributed by atoms with E-state index in [2.05, 4.69) is 51.2 Å². The molecule has 68 heavy (non-hydrogen) atoms. The lowest BCUT2D eigenvalue weighted by Gasteiger charge is -2.26. The van der Waals surface area contributed by atoms with E-state index in [4.69, 9.17) is 0 Å². The molecule has 14 nitrogen and oxygen atoms in total. The van der Waals surface area contributed by atoms with E-state index in [1.165, 1.54) is 48.5 Å². The monoisotopic (exact) mass is 972 g/mol. The number of carbonyl (C=O) groups is 4. The number of halogens is 6. The van der Waals surface area contributed by atoms with Crippen molar-refractivity contribution < 1.29 is 45.5 Å². The molecule has 4 N–H and O–H groups in total. The molecule has 22 heteroatoms. The molecule has 0 aliphatic heterocycles. The van der Waals surface area contributed by atoms with Crippen LogP contribution in [0, 0.1) is 0 Å². The second-order valence-corrected chi connectivity index (χ2v) is 17.3. The first-order chi connectivity index (χ1) is 32.5. The van der Waals surface area contributed by atoms with E-state index >= 15 is 0 Å². The molecule has 0 spiro atoms. The number of carbonyl (C=O) groups excluding carboxylic acids is 4. The standard InChI is InChI=1S/C46H38F6N10O4S2/c1-3-5-19-53-39-57-41(61-43(59-39)67-21-45(47,48)49)55-29-17-15-23(31-33(29)37(65)27-13-9-7-11-25(27)35(31)63)24-16-18-30(34-32(24)36(64)26-12-8-10-14-28(26)38(34)66)56-42-58-40(54-20-6-4-2)60-44(62-42)68-22-46(50,51)52/h7-18H,3-6,19-22H2,1-2H3,(H2,53,55,57,59,61)(H2,54,56,58,60,62). The lowest BCUT2D eigenvalue weighted by molar-refractivity contribution is -0.106. The molecule has 0 fully saturated rings. The molecule has 0 unspecified atom stereocenters. The van der Waals surface area contributed by atoms with E-state index in [1.54, 1.807) is 24.3 Å². The second kappa shape index (κ2) is 19.7. The molecule has 2 aromatic heterocycles. The van der Waals surface area contributed by atoms with Crippen molar-refractivity contribution in [1.29, 1.82) is 0 Å². The van der Waals surface area contributed by atoms with E-state index in [1.807, 2.05) is 13.8 Å². The fourth-order valence-electron chi connectivity index (χ4n) is 7.50. The van der Waals surface area contributed by atoms with Crippen LogP contribution in [0.15, 0.2) is 83.1 Å². The molecule has 0 saturated carbocycles. The highest BCUT2D eigenvalue weighted by atomic mass is 32.2. The summed E-state index contributed by atoms with van der Waals surface area (Å²) in [6, 6.07) is 18.0. The third-order valence-electron chi connectivity index (χ3n) is 10.5. The summed E-state index contributed by atoms with van der Waals surface area (Å²) >= 11 is 0.670. The van der Waals surface area contributed by atoms with Gasteiger partial charge in [-0.2, -0.15) is 56.2 Å². The van der Waals surface area contributed by atoms with Gasteiger partial charge in [-0.15, -0.1) is 0 Å². The number of ketones is 4. The maximum absolute atomic E-state index is 14.8. The van der Waals surface area contributed by atoms with Gasteiger partial charge in [0.1, 0.15) is 0 Å². The van der Waals surface area contributed by atoms with Gasteiger partial charge in [-0.05, 0) is 36.1 Å². The molecule has 2 aliphatic carbocycles. The first kappa shape index (κ1) is 47.5. The SMILES string of the molecule is CCCCNc1nc(Nc2ccc(-c3ccc(Nc4nc(NCCCC)nc(SCC(F)(F)F)n4)c4c3C(=O)c3ccccc3C4=O)c3c2C(=O)c2ccccc2C3=O)nc(SCC(F)(F)F)n1. The number of hydrogen-bond acceptors (Lipinski definition) is 16. The Morgan fingerprint density at radius 3 is 1.12 bits per heavy atom. The Morgan fingerprint density at radius 1 is 0.441 bits per heavy atom. The Bertz CT molecular complexity index is 2790. The number of thioether (sulfide) groups is 2. The van der Waals surface area contributed by atoms with Crippen molar-refractivity contribution in [3.63, 3.8) is 0 Å². The average molecular weight is 973 g/mol. The molecular weight excluding hydrogens is 935 g/mol. The van der Waals surface area contributed by atoms with Crippen molar-refractivity contribution >= 4 is 81.8 Å². The Hall–Kier alpha value is -6.94. The third kappa shape index (κ3) is 10.3. The van der Waals surface area contributed by atoms with Crippen molar-refractivity contribution in [3.05, 3.63) is 117 Å². The molecule has 2 aliphatic rings. The number of nitrogens with zero attached hydrogens (tertiary/aromatic N) is 6. The topological polar surface area (TPSA) is 194 Å². The third-order valence-corrected chi connectivity index (χ3v) is 12.3. The minimum Gasteiger partial charge on any atom is -0.354 e. The van der Waals surface area contributed by atoms with Gasteiger partial charge >= 0.3 is 12.4 Å². The summed E-state index contributed by atoms with van der Waals surface area (Å²) < 4.78 is 79.8. The highest BCUT2D eigenvalue weighted by Gasteiger charge is 2.39. The summed E-state index contributed by atoms with van der Waals surface area (Å²) in [5.41, 5.74) is -0.272. The van der Waals surface area contributed by atoms with Gasteiger partial charge in [-0.1, -0.05) is 111 Å². The number of aromatic nitrogens is 6. The number of rotatable bonds is 17. The lowest BCUT2D eigenvalue weighted by Crippen LogP contribution is -2.25. The highest BCUT2D eigenvalue weighted by molar-refractivity contribution is 7.99. The van der Waals surface area contributed by atoms with Crippen LogP contribution in [-0.2, 0) is 0 Å². The molecule has 6 aromatic rings. The van der Waals surface area contributed by atoms with Crippen molar-refractivity contribution in [1.82, 2.24) is 29.9 Å². The quantitative estimate of drug-likeness (QED) is 0.0382. The number of nitrogens with one attached hydrogen (secondary N) is 4. The summed E-state index contributed by atoms with van der Waals surface area (Å²) in [5, 5.41) is 11.3. The number of hydrogen-bond donors (Lipinski definition) is 4. The summed E-state index contributed by atoms with van der Waals surface area (Å²) in [4.78, 5) is 84.2. The fraction of sp³-hybridized carbons (Fsp3) is 0.261. The molecule has 2 heterocycles. The maximum atomic E-state index is 14.8. The Balaban J connectivity index is 1.28. The maximum Gasteiger partial charge on any atom is 0.398 e. The molecule has 0 radical (unpaired) electrons. The molecule has 0 saturated heterocycles. The average Bonchev–Trinajstić information content (AvgIpc) is 3.30. The van der Waals surface area contributed by atoms with E-state index in [0.29, 0.717) is 49.5 Å². The van der Waals surface area contributed by atoms with Gasteiger partial charge in [0, 0.05) is 46.5 Å². The normalized spacial score (nSPS) is 13.1. The zero-order chi connectivity index (χ0) is 48.3. The zero-order valence-corrected chi connectivity index (χ0v) is 37.6. The van der Waals surface area contributed by atoms with Crippen LogP contribution in [0.25, 0.3) is 11.1 Å². The Kier molecular flexibility index (Phi) is 13.8. The predicted octanol–water partition coefficient (Wildman–Crippen LogP) is 10.5. The predicted molar refractivity (Wildman–Crippen MR) is 245 cm³/mol. The number of fused-ring (bicyclic) bond motifs is 4. The summed E-state index contributed by atoms with van der Waals surface area (Å²) in [7, 11) is 0. The van der Waals surface area contributed by atoms with Gasteiger partial charge in [-0.3, -0.25) is 19.2 Å². The van der Waals surface area contributed by atoms with Crippen LogP contribution in [0.5, 0.6) is 0 Å². The number of anilines is 6. The van der Waals surface area contributed by atoms with Crippen LogP contribution in [0.4, 0.5) is 61.5 Å². The van der Waals surface area contributed by atoms with Crippen LogP contribution < -0.4 is 21.3 Å². The number of unbranched alkanes of at least 4 members (excludes halogenated alkanes) is 2. The van der Waals surface area contributed by atoms with E-state index < -0.39 is 47.0 Å². The Labute approximate surface area is 392 Å². The summed E-state index contributed by atoms with van der Waals surface area (Å²) in [5.74, 6) is -5.56. The summed E-state index contributed by atoms with van der Waals surface area (Å²) in [6.07, 6.45) is -6.08. The van der Waals surface area contributed by atoms with Gasteiger partial charge in [0.25, 0.3) is 0 Å². The first-order valence-electron chi connectivity index (χ1n) is 21.2. The number of benzene rings is 4. The summed E-state index contributed by atoms with van der Waals surface area (Å²) in [6.45, 7) is 4.70. The fourth-order valence-corrected chi connectivity index (χ4v) is 8.69. The van der Waals surface area contributed by atoms with Crippen LogP contribution >= 0.6 is 23.5 Å². The molecule has 0 atom stereocenters. The van der Waals surface area contributed by atoms with Crippen molar-refractivity contribution in [3.8, 4) is 11.1 Å². The smallest absolute Gasteiger partial charge is 0.354 e. The second-order valence-electron chi connectivity index (χ2n) is 15.4. The molecule has 350 valence electrons. The molecule has 4 aromatic carbocycles. The van der Waals surface area contributed by atoms with Crippen molar-refractivity contribution in [2.75, 3.05) is 45.9 Å². The van der Waals surface area contributed by atoms with Gasteiger partial charge in [-0.25, -0.2) is 0 Å². The van der Waals surface area contributed by atoms with E-state index in [9.17, 15) is 45.5 Å². The molecule has 0 amide bonds. The van der Waals surface area contributed by atoms with E-state index in [0.717, 1.165) is 12.8 Å². The van der Waals surface area contributed by atoms with Gasteiger partial charge in [0.05, 0.1) is 34.0 Å². The van der Waals surface area contributed by atoms with Crippen molar-refractivity contribution in [2.24, 2.45) is 0 Å². The minimum absolute atomic E-state index is 0.00590. The van der Waals surface area contributed by atoms with Crippen molar-refractivity contribution in [2.45, 2.75) is 62.2 Å². The molecule has 0 bridgehead atoms. The molecule has 8 rings (SSSR count). The minimum atomic E-state index is -4.54. The van der Waals surface area contributed by atoms with Gasteiger partial charge in [0.15, 0.2) is 33.4 Å². The zero-order valence-electron chi connectivity index (χ0n) is 36.0. The molecular formula is C46H38F6N10O4S2. The Morgan fingerprint density at radius 2 is 0.779 bits per heavy atom. The van der Waals surface area contributed by atoms with Gasteiger partial charge < -0.3 is 21.3 Å². The van der Waals surface area contributed by atoms with Crippen LogP contribution in [0.1, 0.15) is 103 Å². The largest absolute Gasteiger partial charge is 0.398 e.